The molecule has 0 aromatic rings. The summed E-state index contributed by atoms with van der Waals surface area (Å²) in [5.41, 5.74) is -1.89. The Morgan fingerprint density at radius 2 is 2.20 bits per heavy atom. The van der Waals surface area contributed by atoms with E-state index in [1.54, 1.807) is 0 Å². The highest BCUT2D eigenvalue weighted by molar-refractivity contribution is 8.70. The Labute approximate surface area is 102 Å². The summed E-state index contributed by atoms with van der Waals surface area (Å²) in [6, 6.07) is 0. The van der Waals surface area contributed by atoms with Gasteiger partial charge in [-0.1, -0.05) is 23.2 Å². The molecule has 0 bridgehead atoms. The van der Waals surface area contributed by atoms with Crippen molar-refractivity contribution in [3.05, 3.63) is 0 Å². The van der Waals surface area contributed by atoms with Crippen molar-refractivity contribution in [1.29, 1.82) is 0 Å². The highest BCUT2D eigenvalue weighted by Crippen LogP contribution is 2.56. The van der Waals surface area contributed by atoms with Crippen LogP contribution >= 0.6 is 16.8 Å². The van der Waals surface area contributed by atoms with Crippen LogP contribution in [0.4, 0.5) is 0 Å². The summed E-state index contributed by atoms with van der Waals surface area (Å²) in [5, 5.41) is 0.322. The van der Waals surface area contributed by atoms with Crippen molar-refractivity contribution in [3.63, 3.8) is 0 Å². The lowest BCUT2D eigenvalue weighted by atomic mass is 10.8. The molecule has 0 aliphatic heterocycles. The molecule has 2 atom stereocenters. The predicted octanol–water partition coefficient (Wildman–Crippen LogP) is 1.57. The van der Waals surface area contributed by atoms with Crippen LogP contribution < -0.4 is 0 Å². The van der Waals surface area contributed by atoms with Crippen molar-refractivity contribution < 1.29 is 18.3 Å². The van der Waals surface area contributed by atoms with Crippen LogP contribution in [0.2, 0.25) is 0 Å². The van der Waals surface area contributed by atoms with Crippen LogP contribution in [0.1, 0.15) is 6.92 Å². The van der Waals surface area contributed by atoms with Gasteiger partial charge in [-0.25, -0.2) is 0 Å². The molecule has 0 fully saturated rings. The van der Waals surface area contributed by atoms with Gasteiger partial charge in [0.15, 0.2) is 0 Å². The number of rotatable bonds is 7. The fraction of sp³-hybridized carbons (Fsp3) is 0.857. The van der Waals surface area contributed by atoms with Crippen LogP contribution in [-0.2, 0) is 36.7 Å². The second kappa shape index (κ2) is 7.79. The summed E-state index contributed by atoms with van der Waals surface area (Å²) in [6.07, 6.45) is 0. The van der Waals surface area contributed by atoms with Gasteiger partial charge in [0.2, 0.25) is 0 Å². The lowest BCUT2D eigenvalue weighted by Gasteiger charge is -2.14. The molecule has 0 rings (SSSR count). The van der Waals surface area contributed by atoms with Crippen molar-refractivity contribution in [2.75, 3.05) is 31.2 Å². The van der Waals surface area contributed by atoms with Crippen molar-refractivity contribution >= 4 is 45.4 Å². The van der Waals surface area contributed by atoms with E-state index in [1.165, 1.54) is 18.5 Å². The van der Waals surface area contributed by atoms with Gasteiger partial charge in [0.1, 0.15) is 11.2 Å². The Morgan fingerprint density at radius 1 is 1.60 bits per heavy atom. The number of carbonyl (C=O) groups excluding carboxylic acids is 1. The number of esters is 1. The maximum atomic E-state index is 11.4. The average Bonchev–Trinajstić information content (AvgIpc) is 2.15. The molecule has 0 heterocycles. The fourth-order valence-corrected chi connectivity index (χ4v) is 7.95. The average molecular weight is 290 g/mol. The predicted molar refractivity (Wildman–Crippen MR) is 69.3 cm³/mol. The molecule has 0 aromatic heterocycles. The van der Waals surface area contributed by atoms with E-state index in [0.29, 0.717) is 11.7 Å². The molecule has 8 heteroatoms. The first-order valence-corrected chi connectivity index (χ1v) is 10.4. The highest BCUT2D eigenvalue weighted by atomic mass is 32.9. The molecule has 15 heavy (non-hydrogen) atoms. The van der Waals surface area contributed by atoms with Gasteiger partial charge in [-0.15, -0.1) is 0 Å². The third-order valence-electron chi connectivity index (χ3n) is 1.29. The zero-order valence-electron chi connectivity index (χ0n) is 8.93. The number of hydrogen-bond acceptors (Lipinski definition) is 6. The van der Waals surface area contributed by atoms with Crippen LogP contribution in [0.3, 0.4) is 0 Å². The number of methoxy groups -OCH3 is 1. The Bertz CT molecular complexity index is 281. The van der Waals surface area contributed by atoms with Gasteiger partial charge in [-0.2, -0.15) is 0 Å². The van der Waals surface area contributed by atoms with E-state index < -0.39 is 22.2 Å². The van der Waals surface area contributed by atoms with Crippen molar-refractivity contribution in [2.45, 2.75) is 6.92 Å². The zero-order chi connectivity index (χ0) is 11.9. The standard InChI is InChI=1S/C7H15O4PS3/c1-4-11-12(3,13)14-6-15(9)5-7(8)10-2/h4-6H2,1-3H3. The molecular formula is C7H15O4PS3. The first-order valence-electron chi connectivity index (χ1n) is 4.19. The molecule has 4 nitrogen and oxygen atoms in total. The minimum Gasteiger partial charge on any atom is -0.468 e. The molecule has 0 aromatic carbocycles. The van der Waals surface area contributed by atoms with Crippen LogP contribution in [-0.4, -0.2) is 41.4 Å². The Hall–Kier alpha value is 0.580. The molecule has 0 saturated heterocycles. The quantitative estimate of drug-likeness (QED) is 0.524. The molecule has 2 unspecified atom stereocenters. The monoisotopic (exact) mass is 290 g/mol. The molecule has 90 valence electrons. The van der Waals surface area contributed by atoms with E-state index in [0.717, 1.165) is 0 Å². The fourth-order valence-electron chi connectivity index (χ4n) is 0.658. The second-order valence-electron chi connectivity index (χ2n) is 2.60. The molecule has 0 aliphatic carbocycles. The number of ether oxygens (including phenoxy) is 1. The van der Waals surface area contributed by atoms with Crippen LogP contribution in [0.5, 0.6) is 0 Å². The summed E-state index contributed by atoms with van der Waals surface area (Å²) in [6.45, 7) is 4.27. The van der Waals surface area contributed by atoms with Crippen LogP contribution in [0.15, 0.2) is 0 Å². The maximum Gasteiger partial charge on any atom is 0.318 e. The van der Waals surface area contributed by atoms with Gasteiger partial charge >= 0.3 is 5.97 Å². The van der Waals surface area contributed by atoms with Crippen LogP contribution in [0, 0.1) is 0 Å². The van der Waals surface area contributed by atoms with Gasteiger partial charge in [-0.05, 0) is 13.6 Å². The summed E-state index contributed by atoms with van der Waals surface area (Å²) in [5.74, 6) is -0.542. The van der Waals surface area contributed by atoms with Crippen molar-refractivity contribution in [3.8, 4) is 0 Å². The summed E-state index contributed by atoms with van der Waals surface area (Å²) in [4.78, 5) is 10.8. The second-order valence-corrected chi connectivity index (χ2v) is 12.4. The summed E-state index contributed by atoms with van der Waals surface area (Å²) < 4.78 is 21.1. The van der Waals surface area contributed by atoms with E-state index >= 15 is 0 Å². The van der Waals surface area contributed by atoms with Gasteiger partial charge in [0.05, 0.1) is 12.2 Å². The number of hydrogen-bond donors (Lipinski definition) is 0. The molecule has 0 aliphatic rings. The molecule has 0 amide bonds. The van der Waals surface area contributed by atoms with Crippen molar-refractivity contribution in [1.82, 2.24) is 0 Å². The molecule has 0 radical (unpaired) electrons. The Balaban J connectivity index is 3.90. The minimum atomic E-state index is -1.89. The topological polar surface area (TPSA) is 52.6 Å². The first kappa shape index (κ1) is 15.6. The molecule has 0 saturated carbocycles. The van der Waals surface area contributed by atoms with E-state index in [1.807, 2.05) is 13.6 Å². The third kappa shape index (κ3) is 8.39. The smallest absolute Gasteiger partial charge is 0.318 e. The normalized spacial score (nSPS) is 16.7. The molecule has 0 N–H and O–H groups in total. The van der Waals surface area contributed by atoms with Crippen LogP contribution in [0.25, 0.3) is 0 Å². The molecular weight excluding hydrogens is 275 g/mol. The van der Waals surface area contributed by atoms with Gasteiger partial charge in [-0.3, -0.25) is 9.00 Å². The van der Waals surface area contributed by atoms with Crippen molar-refractivity contribution in [2.24, 2.45) is 0 Å². The first-order chi connectivity index (χ1) is 6.91. The van der Waals surface area contributed by atoms with E-state index in [9.17, 15) is 9.00 Å². The highest BCUT2D eigenvalue weighted by Gasteiger charge is 2.14. The lowest BCUT2D eigenvalue weighted by Crippen LogP contribution is -2.13. The van der Waals surface area contributed by atoms with Gasteiger partial charge in [0.25, 0.3) is 0 Å². The van der Waals surface area contributed by atoms with Gasteiger partial charge < -0.3 is 9.26 Å². The van der Waals surface area contributed by atoms with E-state index in [-0.39, 0.29) is 5.75 Å². The zero-order valence-corrected chi connectivity index (χ0v) is 12.3. The third-order valence-corrected chi connectivity index (χ3v) is 8.45. The minimum absolute atomic E-state index is 0.0784. The van der Waals surface area contributed by atoms with E-state index in [2.05, 4.69) is 4.74 Å². The SMILES string of the molecule is CCOP(C)(=S)SCS(=O)CC(=O)OC. The van der Waals surface area contributed by atoms with E-state index in [4.69, 9.17) is 16.3 Å². The summed E-state index contributed by atoms with van der Waals surface area (Å²) >= 11 is 6.56. The Kier molecular flexibility index (Phi) is 8.09. The molecule has 0 spiro atoms. The Morgan fingerprint density at radius 3 is 2.67 bits per heavy atom. The number of carbonyl (C=O) groups is 1. The largest absolute Gasteiger partial charge is 0.468 e. The van der Waals surface area contributed by atoms with Gasteiger partial charge in [0, 0.05) is 17.4 Å². The lowest BCUT2D eigenvalue weighted by molar-refractivity contribution is -0.137. The summed E-state index contributed by atoms with van der Waals surface area (Å²) in [7, 11) is 0.0443. The maximum absolute atomic E-state index is 11.4.